The number of hydrogen-bond acceptors (Lipinski definition) is 7. The number of nitriles is 1. The van der Waals surface area contributed by atoms with E-state index in [1.54, 1.807) is 24.4 Å². The van der Waals surface area contributed by atoms with Gasteiger partial charge in [-0.15, -0.1) is 5.10 Å². The van der Waals surface area contributed by atoms with E-state index >= 15 is 0 Å². The van der Waals surface area contributed by atoms with Gasteiger partial charge < -0.3 is 15.2 Å². The van der Waals surface area contributed by atoms with E-state index in [0.29, 0.717) is 57.6 Å². The zero-order valence-corrected chi connectivity index (χ0v) is 22.8. The second kappa shape index (κ2) is 10.3. The first kappa shape index (κ1) is 25.8. The molecule has 3 heterocycles. The molecule has 6 rings (SSSR count). The van der Waals surface area contributed by atoms with Gasteiger partial charge in [0.25, 0.3) is 0 Å². The summed E-state index contributed by atoms with van der Waals surface area (Å²) in [5, 5.41) is 26.8. The molecule has 0 spiro atoms. The van der Waals surface area contributed by atoms with Crippen molar-refractivity contribution in [1.29, 1.82) is 5.26 Å². The Morgan fingerprint density at radius 2 is 2.02 bits per heavy atom. The van der Waals surface area contributed by atoms with Crippen LogP contribution < -0.4 is 10.6 Å². The standard InChI is InChI=1S/C28H26BClFN9/c1-39-11-10-33-25(39)8-9-34-26-17(14-32)15-35-27-22(26)12-20(13-23(27)30)36-28(29,18-2-4-19(31)5-3-18)24-16-40(38-37-24)21-6-7-21/h2-5,10-13,15-16,21,36H,6-9,29H2,1H3,(H,34,35). The predicted octanol–water partition coefficient (Wildman–Crippen LogP) is 4.16. The number of nitrogens with zero attached hydrogens (tertiary/aromatic N) is 7. The van der Waals surface area contributed by atoms with E-state index in [1.807, 2.05) is 42.6 Å². The maximum absolute atomic E-state index is 13.9. The zero-order valence-electron chi connectivity index (χ0n) is 22.1. The van der Waals surface area contributed by atoms with Gasteiger partial charge in [0.15, 0.2) is 0 Å². The highest BCUT2D eigenvalue weighted by molar-refractivity contribution is 6.36. The number of aryl methyl sites for hydroxylation is 1. The number of benzene rings is 2. The van der Waals surface area contributed by atoms with Crippen LogP contribution >= 0.6 is 11.6 Å². The van der Waals surface area contributed by atoms with E-state index in [4.69, 9.17) is 11.6 Å². The summed E-state index contributed by atoms with van der Waals surface area (Å²) in [6.45, 7) is 0.561. The van der Waals surface area contributed by atoms with Crippen LogP contribution in [0.2, 0.25) is 5.02 Å². The fraction of sp³-hybridized carbons (Fsp3) is 0.250. The normalized spacial score (nSPS) is 14.6. The molecule has 1 fully saturated rings. The van der Waals surface area contributed by atoms with E-state index in [9.17, 15) is 9.65 Å². The predicted molar refractivity (Wildman–Crippen MR) is 155 cm³/mol. The largest absolute Gasteiger partial charge is 0.383 e. The number of aromatic nitrogens is 6. The van der Waals surface area contributed by atoms with Crippen molar-refractivity contribution in [3.8, 4) is 6.07 Å². The summed E-state index contributed by atoms with van der Waals surface area (Å²) in [5.74, 6) is 0.608. The summed E-state index contributed by atoms with van der Waals surface area (Å²) in [6.07, 6.45) is 9.96. The lowest BCUT2D eigenvalue weighted by Gasteiger charge is -2.31. The van der Waals surface area contributed by atoms with Crippen molar-refractivity contribution in [3.05, 3.63) is 94.7 Å². The van der Waals surface area contributed by atoms with Gasteiger partial charge in [-0.05, 0) is 42.7 Å². The molecule has 1 aliphatic carbocycles. The smallest absolute Gasteiger partial charge is 0.148 e. The van der Waals surface area contributed by atoms with Gasteiger partial charge in [0, 0.05) is 49.7 Å². The highest BCUT2D eigenvalue weighted by atomic mass is 35.5. The molecule has 1 aliphatic rings. The van der Waals surface area contributed by atoms with Crippen LogP contribution in [0.4, 0.5) is 15.8 Å². The third-order valence-electron chi connectivity index (χ3n) is 7.38. The summed E-state index contributed by atoms with van der Waals surface area (Å²) >= 11 is 6.75. The van der Waals surface area contributed by atoms with Gasteiger partial charge in [0.2, 0.25) is 0 Å². The monoisotopic (exact) mass is 553 g/mol. The minimum absolute atomic E-state index is 0.321. The van der Waals surface area contributed by atoms with Crippen LogP contribution in [0.1, 0.15) is 41.5 Å². The lowest BCUT2D eigenvalue weighted by molar-refractivity contribution is 0.610. The summed E-state index contributed by atoms with van der Waals surface area (Å²) < 4.78 is 17.7. The molecule has 0 radical (unpaired) electrons. The molecule has 12 heteroatoms. The molecule has 5 aromatic rings. The van der Waals surface area contributed by atoms with Gasteiger partial charge in [-0.3, -0.25) is 4.98 Å². The van der Waals surface area contributed by atoms with Gasteiger partial charge in [-0.25, -0.2) is 14.1 Å². The Bertz CT molecular complexity index is 1740. The zero-order chi connectivity index (χ0) is 27.9. The second-order valence-electron chi connectivity index (χ2n) is 10.2. The number of rotatable bonds is 9. The molecule has 0 saturated heterocycles. The fourth-order valence-electron chi connectivity index (χ4n) is 4.92. The average Bonchev–Trinajstić information content (AvgIpc) is 3.52. The Hall–Kier alpha value is -4.43. The van der Waals surface area contributed by atoms with E-state index in [0.717, 1.165) is 24.2 Å². The van der Waals surface area contributed by atoms with Crippen LogP contribution in [-0.2, 0) is 18.9 Å². The first-order chi connectivity index (χ1) is 19.4. The van der Waals surface area contributed by atoms with E-state index in [2.05, 4.69) is 37.0 Å². The molecule has 1 unspecified atom stereocenters. The van der Waals surface area contributed by atoms with Crippen molar-refractivity contribution in [3.63, 3.8) is 0 Å². The Balaban J connectivity index is 1.40. The fourth-order valence-corrected chi connectivity index (χ4v) is 5.19. The SMILES string of the molecule is BC(Nc1cc(Cl)c2ncc(C#N)c(NCCc3nccn3C)c2c1)(c1ccc(F)cc1)c1cn(C2CC2)nn1. The molecule has 0 aliphatic heterocycles. The lowest BCUT2D eigenvalue weighted by Crippen LogP contribution is -2.37. The average molecular weight is 554 g/mol. The molecule has 1 atom stereocenters. The second-order valence-corrected chi connectivity index (χ2v) is 10.6. The summed E-state index contributed by atoms with van der Waals surface area (Å²) in [4.78, 5) is 8.85. The first-order valence-electron chi connectivity index (χ1n) is 13.0. The molecule has 0 amide bonds. The summed E-state index contributed by atoms with van der Waals surface area (Å²) in [6, 6.07) is 12.7. The van der Waals surface area contributed by atoms with Gasteiger partial charge in [-0.1, -0.05) is 28.9 Å². The molecule has 3 aromatic heterocycles. The Labute approximate surface area is 236 Å². The van der Waals surface area contributed by atoms with Gasteiger partial charge in [0.05, 0.1) is 39.5 Å². The number of nitrogens with one attached hydrogen (secondary N) is 2. The first-order valence-corrected chi connectivity index (χ1v) is 13.4. The molecular formula is C28H26BClFN9. The lowest BCUT2D eigenvalue weighted by atomic mass is 9.69. The third kappa shape index (κ3) is 4.87. The Morgan fingerprint density at radius 3 is 2.73 bits per heavy atom. The van der Waals surface area contributed by atoms with Crippen molar-refractivity contribution >= 4 is 41.7 Å². The van der Waals surface area contributed by atoms with Crippen molar-refractivity contribution < 1.29 is 4.39 Å². The molecule has 9 nitrogen and oxygen atoms in total. The third-order valence-corrected chi connectivity index (χ3v) is 7.66. The summed E-state index contributed by atoms with van der Waals surface area (Å²) in [5.41, 5.74) is 2.97. The molecular weight excluding hydrogens is 528 g/mol. The maximum atomic E-state index is 13.9. The van der Waals surface area contributed by atoms with Crippen LogP contribution in [0.5, 0.6) is 0 Å². The van der Waals surface area contributed by atoms with Crippen LogP contribution in [0.3, 0.4) is 0 Å². The molecule has 2 N–H and O–H groups in total. The molecule has 200 valence electrons. The molecule has 0 bridgehead atoms. The van der Waals surface area contributed by atoms with Gasteiger partial charge in [-0.2, -0.15) is 5.26 Å². The number of fused-ring (bicyclic) bond motifs is 1. The van der Waals surface area contributed by atoms with Crippen molar-refractivity contribution in [1.82, 2.24) is 29.5 Å². The van der Waals surface area contributed by atoms with Crippen LogP contribution in [-0.4, -0.2) is 43.9 Å². The molecule has 40 heavy (non-hydrogen) atoms. The van der Waals surface area contributed by atoms with Crippen molar-refractivity contribution in [2.45, 2.75) is 30.7 Å². The number of halogens is 2. The Kier molecular flexibility index (Phi) is 6.64. The van der Waals surface area contributed by atoms with Gasteiger partial charge in [0.1, 0.15) is 31.3 Å². The topological polar surface area (TPSA) is 109 Å². The van der Waals surface area contributed by atoms with Crippen LogP contribution in [0.25, 0.3) is 10.9 Å². The molecule has 2 aromatic carbocycles. The minimum atomic E-state index is -0.857. The van der Waals surface area contributed by atoms with E-state index in [-0.39, 0.29) is 5.82 Å². The van der Waals surface area contributed by atoms with E-state index < -0.39 is 5.44 Å². The van der Waals surface area contributed by atoms with Gasteiger partial charge >= 0.3 is 0 Å². The summed E-state index contributed by atoms with van der Waals surface area (Å²) in [7, 11) is 3.93. The maximum Gasteiger partial charge on any atom is 0.148 e. The van der Waals surface area contributed by atoms with Crippen LogP contribution in [0, 0.1) is 17.1 Å². The Morgan fingerprint density at radius 1 is 1.23 bits per heavy atom. The number of hydrogen-bond donors (Lipinski definition) is 2. The van der Waals surface area contributed by atoms with Crippen LogP contribution in [0.15, 0.2) is 61.2 Å². The van der Waals surface area contributed by atoms with Crippen molar-refractivity contribution in [2.24, 2.45) is 7.05 Å². The highest BCUT2D eigenvalue weighted by Gasteiger charge is 2.34. The molecule has 1 saturated carbocycles. The van der Waals surface area contributed by atoms with E-state index in [1.165, 1.54) is 18.3 Å². The van der Waals surface area contributed by atoms with Crippen molar-refractivity contribution in [2.75, 3.05) is 17.2 Å². The quantitative estimate of drug-likeness (QED) is 0.264. The highest BCUT2D eigenvalue weighted by Crippen LogP contribution is 2.38. The minimum Gasteiger partial charge on any atom is -0.383 e. The number of pyridine rings is 1. The number of anilines is 2. The number of imidazole rings is 1.